The molecule has 1 unspecified atom stereocenters. The molecule has 2 aromatic rings. The largest absolute Gasteiger partial charge is 0.484 e. The number of hydrogen-bond acceptors (Lipinski definition) is 7. The number of nitrogens with two attached hydrogens (primary N) is 1. The lowest BCUT2D eigenvalue weighted by Gasteiger charge is -2.27. The number of aromatic nitrogens is 2. The van der Waals surface area contributed by atoms with Gasteiger partial charge >= 0.3 is 0 Å². The van der Waals surface area contributed by atoms with Gasteiger partial charge in [0.2, 0.25) is 5.82 Å². The molecule has 0 saturated carbocycles. The average Bonchev–Trinajstić information content (AvgIpc) is 2.94. The van der Waals surface area contributed by atoms with Crippen molar-refractivity contribution in [3.63, 3.8) is 0 Å². The van der Waals surface area contributed by atoms with Crippen molar-refractivity contribution in [2.24, 2.45) is 0 Å². The molecule has 0 aliphatic carbocycles. The van der Waals surface area contributed by atoms with Gasteiger partial charge in [0.05, 0.1) is 6.61 Å². The first kappa shape index (κ1) is 13.8. The minimum absolute atomic E-state index is 0.145. The standard InChI is InChI=1S/C14H18N4O3/c1-18-5-6-19-12(8-18)14-16-13(21-17-14)9-20-11-4-2-3-10(15)7-11/h2-4,7,12H,5-6,8-9,15H2,1H3. The first-order valence-electron chi connectivity index (χ1n) is 6.81. The van der Waals surface area contributed by atoms with E-state index in [0.717, 1.165) is 13.1 Å². The number of nitrogen functional groups attached to an aromatic ring is 1. The molecule has 21 heavy (non-hydrogen) atoms. The predicted molar refractivity (Wildman–Crippen MR) is 75.7 cm³/mol. The Hall–Kier alpha value is -2.12. The van der Waals surface area contributed by atoms with Crippen LogP contribution >= 0.6 is 0 Å². The lowest BCUT2D eigenvalue weighted by Crippen LogP contribution is -2.35. The fourth-order valence-electron chi connectivity index (χ4n) is 2.14. The van der Waals surface area contributed by atoms with E-state index in [1.54, 1.807) is 12.1 Å². The van der Waals surface area contributed by atoms with E-state index in [9.17, 15) is 0 Å². The van der Waals surface area contributed by atoms with Crippen LogP contribution in [0.4, 0.5) is 5.69 Å². The van der Waals surface area contributed by atoms with Crippen molar-refractivity contribution in [1.29, 1.82) is 0 Å². The molecular weight excluding hydrogens is 272 g/mol. The third-order valence-electron chi connectivity index (χ3n) is 3.26. The van der Waals surface area contributed by atoms with Crippen LogP contribution in [0.1, 0.15) is 17.8 Å². The molecule has 0 bridgehead atoms. The number of anilines is 1. The number of likely N-dealkylation sites (N-methyl/N-ethyl adjacent to an activating group) is 1. The maximum absolute atomic E-state index is 5.69. The summed E-state index contributed by atoms with van der Waals surface area (Å²) in [6, 6.07) is 7.20. The zero-order chi connectivity index (χ0) is 14.7. The highest BCUT2D eigenvalue weighted by Gasteiger charge is 2.24. The molecular formula is C14H18N4O3. The minimum Gasteiger partial charge on any atom is -0.484 e. The molecule has 1 saturated heterocycles. The Bertz CT molecular complexity index is 601. The molecule has 1 fully saturated rings. The van der Waals surface area contributed by atoms with Gasteiger partial charge in [0, 0.05) is 24.8 Å². The first-order valence-corrected chi connectivity index (χ1v) is 6.81. The van der Waals surface area contributed by atoms with E-state index < -0.39 is 0 Å². The van der Waals surface area contributed by atoms with E-state index in [1.165, 1.54) is 0 Å². The maximum atomic E-state index is 5.69. The van der Waals surface area contributed by atoms with Gasteiger partial charge in [0.15, 0.2) is 6.61 Å². The Morgan fingerprint density at radius 3 is 3.19 bits per heavy atom. The Morgan fingerprint density at radius 2 is 2.38 bits per heavy atom. The first-order chi connectivity index (χ1) is 10.2. The smallest absolute Gasteiger partial charge is 0.264 e. The van der Waals surface area contributed by atoms with Crippen LogP contribution in [0.15, 0.2) is 28.8 Å². The second-order valence-corrected chi connectivity index (χ2v) is 5.03. The van der Waals surface area contributed by atoms with E-state index >= 15 is 0 Å². The van der Waals surface area contributed by atoms with Gasteiger partial charge in [-0.3, -0.25) is 0 Å². The van der Waals surface area contributed by atoms with Crippen molar-refractivity contribution in [3.8, 4) is 5.75 Å². The van der Waals surface area contributed by atoms with Crippen LogP contribution in [0.25, 0.3) is 0 Å². The summed E-state index contributed by atoms with van der Waals surface area (Å²) in [5.74, 6) is 1.65. The van der Waals surface area contributed by atoms with Gasteiger partial charge in [-0.1, -0.05) is 11.2 Å². The summed E-state index contributed by atoms with van der Waals surface area (Å²) in [4.78, 5) is 6.49. The normalized spacial score (nSPS) is 19.6. The average molecular weight is 290 g/mol. The monoisotopic (exact) mass is 290 g/mol. The number of hydrogen-bond donors (Lipinski definition) is 1. The van der Waals surface area contributed by atoms with Crippen molar-refractivity contribution >= 4 is 5.69 Å². The fourth-order valence-corrected chi connectivity index (χ4v) is 2.14. The summed E-state index contributed by atoms with van der Waals surface area (Å²) in [5.41, 5.74) is 6.34. The SMILES string of the molecule is CN1CCOC(c2noc(COc3cccc(N)c3)n2)C1. The van der Waals surface area contributed by atoms with Gasteiger partial charge in [0.25, 0.3) is 5.89 Å². The second-order valence-electron chi connectivity index (χ2n) is 5.03. The van der Waals surface area contributed by atoms with Crippen LogP contribution in [-0.2, 0) is 11.3 Å². The van der Waals surface area contributed by atoms with E-state index in [0.29, 0.717) is 29.8 Å². The highest BCUT2D eigenvalue weighted by Crippen LogP contribution is 2.20. The summed E-state index contributed by atoms with van der Waals surface area (Å²) in [5, 5.41) is 3.96. The predicted octanol–water partition coefficient (Wildman–Crippen LogP) is 1.23. The highest BCUT2D eigenvalue weighted by atomic mass is 16.5. The third-order valence-corrected chi connectivity index (χ3v) is 3.26. The lowest BCUT2D eigenvalue weighted by molar-refractivity contribution is -0.0264. The van der Waals surface area contributed by atoms with Crippen molar-refractivity contribution < 1.29 is 14.0 Å². The molecule has 2 N–H and O–H groups in total. The van der Waals surface area contributed by atoms with E-state index in [2.05, 4.69) is 15.0 Å². The zero-order valence-electron chi connectivity index (χ0n) is 11.9. The molecule has 1 atom stereocenters. The molecule has 0 radical (unpaired) electrons. The van der Waals surface area contributed by atoms with Gasteiger partial charge in [-0.2, -0.15) is 4.98 Å². The van der Waals surface area contributed by atoms with E-state index in [-0.39, 0.29) is 12.7 Å². The Morgan fingerprint density at radius 1 is 1.48 bits per heavy atom. The van der Waals surface area contributed by atoms with Crippen molar-refractivity contribution in [1.82, 2.24) is 15.0 Å². The van der Waals surface area contributed by atoms with Gasteiger partial charge in [-0.25, -0.2) is 0 Å². The second kappa shape index (κ2) is 6.11. The van der Waals surface area contributed by atoms with Gasteiger partial charge in [-0.15, -0.1) is 0 Å². The Labute approximate surface area is 122 Å². The zero-order valence-corrected chi connectivity index (χ0v) is 11.9. The molecule has 1 aromatic carbocycles. The van der Waals surface area contributed by atoms with Gasteiger partial charge in [0.1, 0.15) is 11.9 Å². The number of morpholine rings is 1. The lowest BCUT2D eigenvalue weighted by atomic mass is 10.3. The third kappa shape index (κ3) is 3.50. The van der Waals surface area contributed by atoms with Crippen molar-refractivity contribution in [2.45, 2.75) is 12.7 Å². The Kier molecular flexibility index (Phi) is 4.03. The van der Waals surface area contributed by atoms with Crippen LogP contribution in [0.5, 0.6) is 5.75 Å². The van der Waals surface area contributed by atoms with Crippen LogP contribution in [0.2, 0.25) is 0 Å². The summed E-state index contributed by atoms with van der Waals surface area (Å²) in [7, 11) is 2.04. The van der Waals surface area contributed by atoms with Crippen LogP contribution < -0.4 is 10.5 Å². The molecule has 112 valence electrons. The molecule has 7 nitrogen and oxygen atoms in total. The fraction of sp³-hybridized carbons (Fsp3) is 0.429. The number of benzene rings is 1. The molecule has 2 heterocycles. The highest BCUT2D eigenvalue weighted by molar-refractivity contribution is 5.43. The van der Waals surface area contributed by atoms with E-state index in [4.69, 9.17) is 19.7 Å². The number of rotatable bonds is 4. The maximum Gasteiger partial charge on any atom is 0.264 e. The molecule has 1 aromatic heterocycles. The molecule has 7 heteroatoms. The quantitative estimate of drug-likeness (QED) is 0.847. The van der Waals surface area contributed by atoms with Crippen LogP contribution in [0.3, 0.4) is 0 Å². The minimum atomic E-state index is -0.145. The van der Waals surface area contributed by atoms with Crippen LogP contribution in [-0.4, -0.2) is 41.8 Å². The summed E-state index contributed by atoms with van der Waals surface area (Å²) >= 11 is 0. The van der Waals surface area contributed by atoms with Gasteiger partial charge in [-0.05, 0) is 19.2 Å². The molecule has 0 spiro atoms. The molecule has 3 rings (SSSR count). The van der Waals surface area contributed by atoms with Crippen molar-refractivity contribution in [3.05, 3.63) is 36.0 Å². The molecule has 0 amide bonds. The van der Waals surface area contributed by atoms with E-state index in [1.807, 2.05) is 19.2 Å². The molecule has 1 aliphatic heterocycles. The number of nitrogens with zero attached hydrogens (tertiary/aromatic N) is 3. The summed E-state index contributed by atoms with van der Waals surface area (Å²) < 4.78 is 16.4. The Balaban J connectivity index is 1.60. The number of ether oxygens (including phenoxy) is 2. The van der Waals surface area contributed by atoms with Crippen molar-refractivity contribution in [2.75, 3.05) is 32.5 Å². The van der Waals surface area contributed by atoms with Crippen LogP contribution in [0, 0.1) is 0 Å². The summed E-state index contributed by atoms with van der Waals surface area (Å²) in [6.07, 6.45) is -0.145. The molecule has 1 aliphatic rings. The van der Waals surface area contributed by atoms with Gasteiger partial charge < -0.3 is 24.6 Å². The topological polar surface area (TPSA) is 86.6 Å². The summed E-state index contributed by atoms with van der Waals surface area (Å²) in [6.45, 7) is 2.55.